The molecule has 2 rings (SSSR count). The van der Waals surface area contributed by atoms with Gasteiger partial charge in [-0.15, -0.1) is 24.0 Å². The summed E-state index contributed by atoms with van der Waals surface area (Å²) < 4.78 is 21.7. The molecule has 1 aromatic rings. The minimum absolute atomic E-state index is 0. The molecule has 1 saturated carbocycles. The highest BCUT2D eigenvalue weighted by molar-refractivity contribution is 14.0. The Hall–Kier alpha value is -1.42. The summed E-state index contributed by atoms with van der Waals surface area (Å²) in [6.07, 6.45) is 5.63. The van der Waals surface area contributed by atoms with Crippen molar-refractivity contribution in [3.8, 4) is 17.2 Å². The smallest absolute Gasteiger partial charge is 0.203 e. The van der Waals surface area contributed by atoms with E-state index in [2.05, 4.69) is 17.6 Å². The molecule has 7 nitrogen and oxygen atoms in total. The Balaban J connectivity index is 0.00000450. The van der Waals surface area contributed by atoms with Crippen LogP contribution in [0.5, 0.6) is 17.2 Å². The average molecular weight is 535 g/mol. The first kappa shape index (κ1) is 26.6. The van der Waals surface area contributed by atoms with Gasteiger partial charge in [0.15, 0.2) is 17.5 Å². The van der Waals surface area contributed by atoms with Crippen molar-refractivity contribution in [2.75, 3.05) is 54.7 Å². The lowest BCUT2D eigenvalue weighted by molar-refractivity contribution is 0.0778. The van der Waals surface area contributed by atoms with Crippen LogP contribution < -0.4 is 24.8 Å². The van der Waals surface area contributed by atoms with Gasteiger partial charge in [-0.2, -0.15) is 0 Å². The van der Waals surface area contributed by atoms with Crippen molar-refractivity contribution in [1.29, 1.82) is 0 Å². The molecular weight excluding hydrogens is 497 g/mol. The number of halogens is 1. The van der Waals surface area contributed by atoms with Crippen LogP contribution in [0.3, 0.4) is 0 Å². The van der Waals surface area contributed by atoms with Crippen LogP contribution in [0.2, 0.25) is 0 Å². The van der Waals surface area contributed by atoms with Crippen molar-refractivity contribution in [1.82, 2.24) is 10.6 Å². The van der Waals surface area contributed by atoms with Gasteiger partial charge in [-0.1, -0.05) is 12.5 Å². The minimum Gasteiger partial charge on any atom is -0.493 e. The lowest BCUT2D eigenvalue weighted by atomic mass is 9.67. The third kappa shape index (κ3) is 7.08. The molecule has 1 aliphatic carbocycles. The van der Waals surface area contributed by atoms with E-state index >= 15 is 0 Å². The number of aliphatic imine (C=N–C) groups is 1. The Kier molecular flexibility index (Phi) is 12.2. The third-order valence-corrected chi connectivity index (χ3v) is 5.64. The predicted octanol–water partition coefficient (Wildman–Crippen LogP) is 3.63. The van der Waals surface area contributed by atoms with E-state index < -0.39 is 0 Å². The molecule has 0 heterocycles. The molecule has 0 amide bonds. The summed E-state index contributed by atoms with van der Waals surface area (Å²) in [6.45, 7) is 5.29. The van der Waals surface area contributed by atoms with Gasteiger partial charge in [0.2, 0.25) is 5.75 Å². The number of guanidine groups is 1. The quantitative estimate of drug-likeness (QED) is 0.242. The van der Waals surface area contributed by atoms with E-state index in [1.165, 1.54) is 19.3 Å². The molecular formula is C22H38IN3O4. The molecule has 0 spiro atoms. The molecule has 0 bridgehead atoms. The molecule has 2 N–H and O–H groups in total. The molecule has 0 atom stereocenters. The van der Waals surface area contributed by atoms with Crippen molar-refractivity contribution >= 4 is 29.9 Å². The molecule has 0 unspecified atom stereocenters. The zero-order valence-electron chi connectivity index (χ0n) is 19.0. The van der Waals surface area contributed by atoms with E-state index in [1.54, 1.807) is 28.4 Å². The van der Waals surface area contributed by atoms with Gasteiger partial charge in [-0.3, -0.25) is 4.99 Å². The van der Waals surface area contributed by atoms with Crippen LogP contribution in [0.25, 0.3) is 0 Å². The molecule has 1 aromatic carbocycles. The molecule has 1 aliphatic rings. The van der Waals surface area contributed by atoms with Crippen LogP contribution in [0.1, 0.15) is 38.2 Å². The fourth-order valence-electron chi connectivity index (χ4n) is 3.75. The van der Waals surface area contributed by atoms with Gasteiger partial charge >= 0.3 is 0 Å². The standard InChI is InChI=1S/C22H37N3O4.HI/c1-6-23-21(25-16-22(11-7-12-22)13-15-26-2)24-14-10-17-8-9-18(27-3)20(29-5)19(17)28-4;/h8-9H,6-7,10-16H2,1-5H3,(H2,23,24,25);1H. The van der Waals surface area contributed by atoms with E-state index in [0.29, 0.717) is 22.7 Å². The van der Waals surface area contributed by atoms with Crippen molar-refractivity contribution < 1.29 is 18.9 Å². The fraction of sp³-hybridized carbons (Fsp3) is 0.682. The van der Waals surface area contributed by atoms with E-state index in [-0.39, 0.29) is 24.0 Å². The minimum atomic E-state index is 0. The second-order valence-corrected chi connectivity index (χ2v) is 7.46. The van der Waals surface area contributed by atoms with Crippen LogP contribution in [-0.2, 0) is 11.2 Å². The summed E-state index contributed by atoms with van der Waals surface area (Å²) in [5.74, 6) is 2.86. The van der Waals surface area contributed by atoms with Gasteiger partial charge < -0.3 is 29.6 Å². The first-order valence-corrected chi connectivity index (χ1v) is 10.4. The topological polar surface area (TPSA) is 73.3 Å². The monoisotopic (exact) mass is 535 g/mol. The zero-order valence-corrected chi connectivity index (χ0v) is 21.3. The number of nitrogens with one attached hydrogen (secondary N) is 2. The van der Waals surface area contributed by atoms with E-state index in [9.17, 15) is 0 Å². The summed E-state index contributed by atoms with van der Waals surface area (Å²) in [5, 5.41) is 6.79. The predicted molar refractivity (Wildman–Crippen MR) is 132 cm³/mol. The van der Waals surface area contributed by atoms with Crippen LogP contribution in [0.4, 0.5) is 0 Å². The Bertz CT molecular complexity index is 666. The number of methoxy groups -OCH3 is 4. The Morgan fingerprint density at radius 3 is 2.30 bits per heavy atom. The normalized spacial score (nSPS) is 14.9. The molecule has 0 saturated heterocycles. The van der Waals surface area contributed by atoms with E-state index in [1.807, 2.05) is 12.1 Å². The van der Waals surface area contributed by atoms with E-state index in [0.717, 1.165) is 50.6 Å². The first-order chi connectivity index (χ1) is 14.1. The summed E-state index contributed by atoms with van der Waals surface area (Å²) in [6, 6.07) is 3.92. The van der Waals surface area contributed by atoms with Gasteiger partial charge in [0.05, 0.1) is 21.3 Å². The summed E-state index contributed by atoms with van der Waals surface area (Å²) in [7, 11) is 6.67. The lowest BCUT2D eigenvalue weighted by Crippen LogP contribution is -2.41. The van der Waals surface area contributed by atoms with Gasteiger partial charge in [0.25, 0.3) is 0 Å². The third-order valence-electron chi connectivity index (χ3n) is 5.64. The van der Waals surface area contributed by atoms with Gasteiger partial charge in [-0.25, -0.2) is 0 Å². The summed E-state index contributed by atoms with van der Waals surface area (Å²) in [4.78, 5) is 4.86. The Labute approximate surface area is 198 Å². The number of nitrogens with zero attached hydrogens (tertiary/aromatic N) is 1. The lowest BCUT2D eigenvalue weighted by Gasteiger charge is -2.40. The molecule has 0 aliphatic heterocycles. The molecule has 0 radical (unpaired) electrons. The van der Waals surface area contributed by atoms with Crippen molar-refractivity contribution in [3.63, 3.8) is 0 Å². The molecule has 1 fully saturated rings. The maximum atomic E-state index is 5.58. The van der Waals surface area contributed by atoms with Gasteiger partial charge in [0.1, 0.15) is 0 Å². The summed E-state index contributed by atoms with van der Waals surface area (Å²) in [5.41, 5.74) is 1.37. The maximum Gasteiger partial charge on any atom is 0.203 e. The van der Waals surface area contributed by atoms with Gasteiger partial charge in [0, 0.05) is 38.9 Å². The number of hydrogen-bond donors (Lipinski definition) is 2. The zero-order chi connectivity index (χ0) is 21.1. The molecule has 172 valence electrons. The average Bonchev–Trinajstić information content (AvgIpc) is 2.71. The maximum absolute atomic E-state index is 5.58. The van der Waals surface area contributed by atoms with Gasteiger partial charge in [-0.05, 0) is 44.1 Å². The highest BCUT2D eigenvalue weighted by Crippen LogP contribution is 2.44. The number of hydrogen-bond acceptors (Lipinski definition) is 5. The van der Waals surface area contributed by atoms with Crippen molar-refractivity contribution in [2.45, 2.75) is 39.0 Å². The van der Waals surface area contributed by atoms with Crippen LogP contribution in [0, 0.1) is 5.41 Å². The SMILES string of the molecule is CCNC(=NCC1(CCOC)CCC1)NCCc1ccc(OC)c(OC)c1OC.I. The van der Waals surface area contributed by atoms with E-state index in [4.69, 9.17) is 23.9 Å². The molecule has 0 aromatic heterocycles. The molecule has 30 heavy (non-hydrogen) atoms. The Morgan fingerprint density at radius 1 is 1.03 bits per heavy atom. The second-order valence-electron chi connectivity index (χ2n) is 7.46. The largest absolute Gasteiger partial charge is 0.493 e. The van der Waals surface area contributed by atoms with Crippen LogP contribution in [0.15, 0.2) is 17.1 Å². The summed E-state index contributed by atoms with van der Waals surface area (Å²) >= 11 is 0. The number of ether oxygens (including phenoxy) is 4. The van der Waals surface area contributed by atoms with Crippen molar-refractivity contribution in [3.05, 3.63) is 17.7 Å². The molecule has 8 heteroatoms. The Morgan fingerprint density at radius 2 is 1.77 bits per heavy atom. The van der Waals surface area contributed by atoms with Crippen LogP contribution >= 0.6 is 24.0 Å². The van der Waals surface area contributed by atoms with Crippen LogP contribution in [-0.4, -0.2) is 60.6 Å². The first-order valence-electron chi connectivity index (χ1n) is 10.4. The number of benzene rings is 1. The fourth-order valence-corrected chi connectivity index (χ4v) is 3.75. The van der Waals surface area contributed by atoms with Crippen molar-refractivity contribution in [2.24, 2.45) is 10.4 Å². The second kappa shape index (κ2) is 13.8. The highest BCUT2D eigenvalue weighted by atomic mass is 127. The number of rotatable bonds is 12. The highest BCUT2D eigenvalue weighted by Gasteiger charge is 2.36.